The lowest BCUT2D eigenvalue weighted by atomic mass is 10.3. The van der Waals surface area contributed by atoms with Crippen LogP contribution < -0.4 is 5.32 Å². The highest BCUT2D eigenvalue weighted by molar-refractivity contribution is 8.23. The number of hydrogen-bond acceptors (Lipinski definition) is 5. The maximum Gasteiger partial charge on any atom is 0.243 e. The second-order valence-electron chi connectivity index (χ2n) is 6.43. The second-order valence-corrected chi connectivity index (χ2v) is 9.98. The van der Waals surface area contributed by atoms with Crippen LogP contribution in [0.25, 0.3) is 0 Å². The van der Waals surface area contributed by atoms with Crippen LogP contribution in [0.1, 0.15) is 25.7 Å². The molecule has 0 aromatic heterocycles. The topological polar surface area (TPSA) is 69.7 Å². The van der Waals surface area contributed by atoms with Gasteiger partial charge in [0.2, 0.25) is 15.9 Å². The Hall–Kier alpha value is -1.16. The summed E-state index contributed by atoms with van der Waals surface area (Å²) >= 11 is 6.71. The predicted octanol–water partition coefficient (Wildman–Crippen LogP) is 2.52. The molecular formula is C17H23N3O3S3. The smallest absolute Gasteiger partial charge is 0.243 e. The number of nitrogens with zero attached hydrogens (tertiary/aromatic N) is 2. The molecule has 0 aliphatic carbocycles. The fraction of sp³-hybridized carbons (Fsp3) is 0.529. The molecule has 2 aliphatic rings. The molecule has 0 saturated carbocycles. The molecule has 1 N–H and O–H groups in total. The van der Waals surface area contributed by atoms with Crippen LogP contribution in [0.4, 0.5) is 5.69 Å². The molecule has 9 heteroatoms. The molecule has 2 aliphatic heterocycles. The minimum Gasteiger partial charge on any atom is -0.358 e. The highest BCUT2D eigenvalue weighted by Crippen LogP contribution is 2.22. The molecule has 0 spiro atoms. The maximum absolute atomic E-state index is 12.5. The van der Waals surface area contributed by atoms with Gasteiger partial charge in [-0.1, -0.05) is 24.0 Å². The summed E-state index contributed by atoms with van der Waals surface area (Å²) < 4.78 is 27.3. The van der Waals surface area contributed by atoms with Gasteiger partial charge in [-0.15, -0.1) is 0 Å². The average molecular weight is 414 g/mol. The molecule has 1 aromatic carbocycles. The molecule has 2 saturated heterocycles. The van der Waals surface area contributed by atoms with E-state index in [1.54, 1.807) is 24.3 Å². The summed E-state index contributed by atoms with van der Waals surface area (Å²) in [6.45, 7) is 3.10. The van der Waals surface area contributed by atoms with Crippen LogP contribution in [0, 0.1) is 0 Å². The molecule has 2 fully saturated rings. The van der Waals surface area contributed by atoms with E-state index in [1.807, 2.05) is 0 Å². The highest BCUT2D eigenvalue weighted by atomic mass is 32.2. The van der Waals surface area contributed by atoms with Crippen LogP contribution in [0.5, 0.6) is 0 Å². The zero-order chi connectivity index (χ0) is 18.6. The SMILES string of the molecule is O=C(CSC(=S)N1CCCC1)Nc1ccc(S(=O)(=O)N2CCCC2)cc1. The monoisotopic (exact) mass is 413 g/mol. The molecule has 0 bridgehead atoms. The number of rotatable bonds is 5. The number of carbonyl (C=O) groups is 1. The van der Waals surface area contributed by atoms with Crippen molar-refractivity contribution in [3.63, 3.8) is 0 Å². The first-order valence-electron chi connectivity index (χ1n) is 8.78. The number of anilines is 1. The number of benzene rings is 1. The van der Waals surface area contributed by atoms with E-state index in [0.717, 1.165) is 43.1 Å². The van der Waals surface area contributed by atoms with Crippen LogP contribution >= 0.6 is 24.0 Å². The van der Waals surface area contributed by atoms with Crippen molar-refractivity contribution in [2.45, 2.75) is 30.6 Å². The van der Waals surface area contributed by atoms with Gasteiger partial charge in [-0.05, 0) is 49.9 Å². The van der Waals surface area contributed by atoms with Crippen LogP contribution in [-0.2, 0) is 14.8 Å². The number of carbonyl (C=O) groups excluding carboxylic acids is 1. The summed E-state index contributed by atoms with van der Waals surface area (Å²) in [5.41, 5.74) is 0.586. The highest BCUT2D eigenvalue weighted by Gasteiger charge is 2.27. The van der Waals surface area contributed by atoms with Gasteiger partial charge in [0.1, 0.15) is 4.32 Å². The second kappa shape index (κ2) is 8.69. The van der Waals surface area contributed by atoms with Gasteiger partial charge >= 0.3 is 0 Å². The summed E-state index contributed by atoms with van der Waals surface area (Å²) in [5.74, 6) is 0.107. The van der Waals surface area contributed by atoms with Crippen molar-refractivity contribution >= 4 is 49.9 Å². The summed E-state index contributed by atoms with van der Waals surface area (Å²) in [5, 5.41) is 2.79. The van der Waals surface area contributed by atoms with Gasteiger partial charge in [0, 0.05) is 31.9 Å². The quantitative estimate of drug-likeness (QED) is 0.748. The van der Waals surface area contributed by atoms with Crippen molar-refractivity contribution in [3.05, 3.63) is 24.3 Å². The fourth-order valence-corrected chi connectivity index (χ4v) is 5.67. The molecule has 1 amide bonds. The first-order valence-corrected chi connectivity index (χ1v) is 11.6. The van der Waals surface area contributed by atoms with E-state index in [4.69, 9.17) is 12.2 Å². The van der Waals surface area contributed by atoms with Gasteiger partial charge in [0.15, 0.2) is 0 Å². The Labute approximate surface area is 164 Å². The standard InChI is InChI=1S/C17H23N3O3S3/c21-16(13-25-17(24)19-9-1-2-10-19)18-14-5-7-15(8-6-14)26(22,23)20-11-3-4-12-20/h5-8H,1-4,9-13H2,(H,18,21). The number of thiocarbonyl (C=S) groups is 1. The average Bonchev–Trinajstić information content (AvgIpc) is 3.33. The van der Waals surface area contributed by atoms with Crippen molar-refractivity contribution in [3.8, 4) is 0 Å². The molecular weight excluding hydrogens is 390 g/mol. The lowest BCUT2D eigenvalue weighted by molar-refractivity contribution is -0.113. The van der Waals surface area contributed by atoms with E-state index in [-0.39, 0.29) is 16.6 Å². The third kappa shape index (κ3) is 4.76. The molecule has 0 radical (unpaired) electrons. The van der Waals surface area contributed by atoms with Crippen molar-refractivity contribution in [1.29, 1.82) is 0 Å². The van der Waals surface area contributed by atoms with E-state index in [1.165, 1.54) is 16.1 Å². The van der Waals surface area contributed by atoms with Crippen LogP contribution in [-0.4, -0.2) is 59.8 Å². The third-order valence-electron chi connectivity index (χ3n) is 4.53. The van der Waals surface area contributed by atoms with Gasteiger partial charge in [-0.3, -0.25) is 4.79 Å². The van der Waals surface area contributed by atoms with Crippen molar-refractivity contribution in [2.75, 3.05) is 37.2 Å². The molecule has 0 unspecified atom stereocenters. The van der Waals surface area contributed by atoms with Crippen LogP contribution in [0.15, 0.2) is 29.2 Å². The normalized spacial score (nSPS) is 18.2. The van der Waals surface area contributed by atoms with Crippen LogP contribution in [0.3, 0.4) is 0 Å². The number of thioether (sulfide) groups is 1. The lowest BCUT2D eigenvalue weighted by Gasteiger charge is -2.17. The Balaban J connectivity index is 1.52. The summed E-state index contributed by atoms with van der Waals surface area (Å²) in [7, 11) is -3.42. The van der Waals surface area contributed by atoms with Gasteiger partial charge in [-0.2, -0.15) is 4.31 Å². The van der Waals surface area contributed by atoms with Gasteiger partial charge < -0.3 is 10.2 Å². The molecule has 0 atom stereocenters. The van der Waals surface area contributed by atoms with E-state index >= 15 is 0 Å². The Morgan fingerprint density at radius 3 is 2.23 bits per heavy atom. The van der Waals surface area contributed by atoms with Crippen LogP contribution in [0.2, 0.25) is 0 Å². The largest absolute Gasteiger partial charge is 0.358 e. The lowest BCUT2D eigenvalue weighted by Crippen LogP contribution is -2.27. The van der Waals surface area contributed by atoms with Crippen molar-refractivity contribution < 1.29 is 13.2 Å². The van der Waals surface area contributed by atoms with E-state index < -0.39 is 10.0 Å². The molecule has 3 rings (SSSR count). The minimum atomic E-state index is -3.42. The maximum atomic E-state index is 12.5. The summed E-state index contributed by atoms with van der Waals surface area (Å²) in [6.07, 6.45) is 4.12. The number of likely N-dealkylation sites (tertiary alicyclic amines) is 1. The molecule has 6 nitrogen and oxygen atoms in total. The molecule has 1 aromatic rings. The Kier molecular flexibility index (Phi) is 6.55. The van der Waals surface area contributed by atoms with E-state index in [2.05, 4.69) is 10.2 Å². The van der Waals surface area contributed by atoms with Crippen molar-refractivity contribution in [1.82, 2.24) is 9.21 Å². The fourth-order valence-electron chi connectivity index (χ4n) is 3.10. The number of hydrogen-bond donors (Lipinski definition) is 1. The first kappa shape index (κ1) is 19.6. The Morgan fingerprint density at radius 2 is 1.62 bits per heavy atom. The summed E-state index contributed by atoms with van der Waals surface area (Å²) in [6, 6.07) is 6.35. The Bertz CT molecular complexity index is 753. The first-order chi connectivity index (χ1) is 12.5. The number of sulfonamides is 1. The van der Waals surface area contributed by atoms with Gasteiger partial charge in [0.05, 0.1) is 10.6 Å². The van der Waals surface area contributed by atoms with Crippen molar-refractivity contribution in [2.24, 2.45) is 0 Å². The third-order valence-corrected chi connectivity index (χ3v) is 7.97. The zero-order valence-corrected chi connectivity index (χ0v) is 17.0. The van der Waals surface area contributed by atoms with Gasteiger partial charge in [-0.25, -0.2) is 8.42 Å². The van der Waals surface area contributed by atoms with E-state index in [9.17, 15) is 13.2 Å². The van der Waals surface area contributed by atoms with Gasteiger partial charge in [0.25, 0.3) is 0 Å². The zero-order valence-electron chi connectivity index (χ0n) is 14.5. The number of amides is 1. The molecule has 2 heterocycles. The predicted molar refractivity (Wildman–Crippen MR) is 109 cm³/mol. The minimum absolute atomic E-state index is 0.147. The number of nitrogens with one attached hydrogen (secondary N) is 1. The Morgan fingerprint density at radius 1 is 1.04 bits per heavy atom. The molecule has 26 heavy (non-hydrogen) atoms. The van der Waals surface area contributed by atoms with E-state index in [0.29, 0.717) is 18.8 Å². The molecule has 142 valence electrons. The summed E-state index contributed by atoms with van der Waals surface area (Å²) in [4.78, 5) is 14.5.